The molecule has 142 valence electrons. The lowest BCUT2D eigenvalue weighted by Gasteiger charge is -2.30. The van der Waals surface area contributed by atoms with Crippen molar-refractivity contribution in [2.75, 3.05) is 18.5 Å². The first-order valence-corrected chi connectivity index (χ1v) is 11.1. The largest absolute Gasteiger partial charge is 0.482 e. The van der Waals surface area contributed by atoms with Gasteiger partial charge in [0, 0.05) is 12.6 Å². The van der Waals surface area contributed by atoms with Crippen molar-refractivity contribution in [1.82, 2.24) is 4.31 Å². The highest BCUT2D eigenvalue weighted by Crippen LogP contribution is 2.36. The van der Waals surface area contributed by atoms with Gasteiger partial charge < -0.3 is 10.1 Å². The maximum atomic E-state index is 13.2. The highest BCUT2D eigenvalue weighted by molar-refractivity contribution is 7.89. The van der Waals surface area contributed by atoms with Gasteiger partial charge in [0.2, 0.25) is 10.0 Å². The summed E-state index contributed by atoms with van der Waals surface area (Å²) in [6.45, 7) is 0.550. The minimum Gasteiger partial charge on any atom is -0.482 e. The first kappa shape index (κ1) is 17.8. The molecule has 26 heavy (non-hydrogen) atoms. The molecule has 0 unspecified atom stereocenters. The Bertz CT molecular complexity index is 787. The van der Waals surface area contributed by atoms with Crippen LogP contribution in [0.25, 0.3) is 0 Å². The van der Waals surface area contributed by atoms with Crippen molar-refractivity contribution in [2.24, 2.45) is 5.92 Å². The Kier molecular flexibility index (Phi) is 4.92. The third kappa shape index (κ3) is 3.47. The predicted octanol–water partition coefficient (Wildman–Crippen LogP) is 3.14. The molecule has 6 nitrogen and oxygen atoms in total. The van der Waals surface area contributed by atoms with E-state index in [1.165, 1.54) is 38.2 Å². The molecule has 3 aliphatic rings. The van der Waals surface area contributed by atoms with E-state index in [-0.39, 0.29) is 23.5 Å². The van der Waals surface area contributed by atoms with Crippen molar-refractivity contribution < 1.29 is 17.9 Å². The average molecular weight is 378 g/mol. The number of hydrogen-bond donors (Lipinski definition) is 1. The van der Waals surface area contributed by atoms with Crippen LogP contribution in [0.4, 0.5) is 5.69 Å². The van der Waals surface area contributed by atoms with Crippen LogP contribution in [0.15, 0.2) is 23.1 Å². The number of nitrogens with one attached hydrogen (secondary N) is 1. The number of nitrogens with zero attached hydrogens (tertiary/aromatic N) is 1. The fourth-order valence-corrected chi connectivity index (χ4v) is 6.26. The van der Waals surface area contributed by atoms with E-state index in [4.69, 9.17) is 4.74 Å². The van der Waals surface area contributed by atoms with E-state index in [0.717, 1.165) is 19.3 Å². The van der Waals surface area contributed by atoms with Gasteiger partial charge >= 0.3 is 0 Å². The van der Waals surface area contributed by atoms with Crippen LogP contribution in [-0.4, -0.2) is 37.8 Å². The third-order valence-electron chi connectivity index (χ3n) is 5.84. The third-order valence-corrected chi connectivity index (χ3v) is 7.79. The molecule has 1 amide bonds. The van der Waals surface area contributed by atoms with E-state index in [2.05, 4.69) is 5.32 Å². The van der Waals surface area contributed by atoms with Crippen LogP contribution in [0.5, 0.6) is 5.75 Å². The van der Waals surface area contributed by atoms with Gasteiger partial charge in [-0.25, -0.2) is 8.42 Å². The molecule has 1 aromatic carbocycles. The van der Waals surface area contributed by atoms with Gasteiger partial charge in [-0.2, -0.15) is 4.31 Å². The van der Waals surface area contributed by atoms with E-state index < -0.39 is 10.0 Å². The summed E-state index contributed by atoms with van der Waals surface area (Å²) >= 11 is 0. The molecule has 2 fully saturated rings. The zero-order chi connectivity index (χ0) is 18.1. The molecule has 0 radical (unpaired) electrons. The Morgan fingerprint density at radius 1 is 1.12 bits per heavy atom. The van der Waals surface area contributed by atoms with Gasteiger partial charge in [-0.15, -0.1) is 0 Å². The normalized spacial score (nSPS) is 24.8. The van der Waals surface area contributed by atoms with Crippen LogP contribution in [0, 0.1) is 5.92 Å². The fourth-order valence-electron chi connectivity index (χ4n) is 4.53. The van der Waals surface area contributed by atoms with Crippen LogP contribution in [-0.2, 0) is 14.8 Å². The number of ether oxygens (including phenoxy) is 1. The lowest BCUT2D eigenvalue weighted by atomic mass is 9.84. The molecule has 1 saturated heterocycles. The summed E-state index contributed by atoms with van der Waals surface area (Å²) in [5, 5.41) is 2.69. The van der Waals surface area contributed by atoms with E-state index in [9.17, 15) is 13.2 Å². The summed E-state index contributed by atoms with van der Waals surface area (Å²) in [5.74, 6) is 0.910. The summed E-state index contributed by atoms with van der Waals surface area (Å²) in [6.07, 6.45) is 9.15. The van der Waals surface area contributed by atoms with Crippen molar-refractivity contribution in [2.45, 2.75) is 62.3 Å². The van der Waals surface area contributed by atoms with Crippen LogP contribution >= 0.6 is 0 Å². The fraction of sp³-hybridized carbons (Fsp3) is 0.632. The van der Waals surface area contributed by atoms with Crippen LogP contribution in [0.1, 0.15) is 51.4 Å². The second kappa shape index (κ2) is 7.19. The number of benzene rings is 1. The van der Waals surface area contributed by atoms with Gasteiger partial charge in [0.25, 0.3) is 5.91 Å². The van der Waals surface area contributed by atoms with Crippen molar-refractivity contribution in [3.63, 3.8) is 0 Å². The highest BCUT2D eigenvalue weighted by atomic mass is 32.2. The minimum atomic E-state index is -3.56. The maximum Gasteiger partial charge on any atom is 0.262 e. The van der Waals surface area contributed by atoms with E-state index in [1.54, 1.807) is 16.4 Å². The summed E-state index contributed by atoms with van der Waals surface area (Å²) in [4.78, 5) is 11.8. The second-order valence-corrected chi connectivity index (χ2v) is 9.54. The van der Waals surface area contributed by atoms with Gasteiger partial charge in [0.05, 0.1) is 10.6 Å². The molecule has 0 spiro atoms. The minimum absolute atomic E-state index is 0.0331. The number of carbonyl (C=O) groups is 1. The van der Waals surface area contributed by atoms with Crippen LogP contribution in [0.2, 0.25) is 0 Å². The number of carbonyl (C=O) groups excluding carboxylic acids is 1. The molecule has 0 bridgehead atoms. The number of fused-ring (bicyclic) bond motifs is 1. The van der Waals surface area contributed by atoms with Gasteiger partial charge in [0.1, 0.15) is 5.75 Å². The van der Waals surface area contributed by atoms with Gasteiger partial charge in [-0.05, 0) is 43.4 Å². The number of hydrogen-bond acceptors (Lipinski definition) is 4. The SMILES string of the molecule is O=C1COc2ccc(S(=O)(=O)N3CCC[C@H]3CC3CCCCC3)cc2N1. The first-order chi connectivity index (χ1) is 12.5. The number of sulfonamides is 1. The quantitative estimate of drug-likeness (QED) is 0.873. The molecule has 1 atom stereocenters. The van der Waals surface area contributed by atoms with Crippen LogP contribution in [0.3, 0.4) is 0 Å². The molecule has 4 rings (SSSR count). The molecule has 0 aromatic heterocycles. The van der Waals surface area contributed by atoms with Gasteiger partial charge in [-0.3, -0.25) is 4.79 Å². The Hall–Kier alpha value is -1.60. The molecule has 1 N–H and O–H groups in total. The summed E-state index contributed by atoms with van der Waals surface area (Å²) in [7, 11) is -3.56. The molecule has 1 saturated carbocycles. The first-order valence-electron chi connectivity index (χ1n) is 9.62. The molecular weight excluding hydrogens is 352 g/mol. The molecule has 1 aliphatic carbocycles. The standard InChI is InChI=1S/C19H26N2O4S/c22-19-13-25-18-9-8-16(12-17(18)20-19)26(23,24)21-10-4-7-15(21)11-14-5-2-1-3-6-14/h8-9,12,14-15H,1-7,10-11,13H2,(H,20,22)/t15-/m0/s1. The second-order valence-electron chi connectivity index (χ2n) is 7.65. The van der Waals surface area contributed by atoms with E-state index >= 15 is 0 Å². The number of rotatable bonds is 4. The average Bonchev–Trinajstić information content (AvgIpc) is 3.11. The zero-order valence-corrected chi connectivity index (χ0v) is 15.8. The van der Waals surface area contributed by atoms with Gasteiger partial charge in [-0.1, -0.05) is 32.1 Å². The molecule has 2 aliphatic heterocycles. The lowest BCUT2D eigenvalue weighted by Crippen LogP contribution is -2.37. The van der Waals surface area contributed by atoms with Crippen LogP contribution < -0.4 is 10.1 Å². The van der Waals surface area contributed by atoms with E-state index in [0.29, 0.717) is 23.9 Å². The van der Waals surface area contributed by atoms with E-state index in [1.807, 2.05) is 0 Å². The highest BCUT2D eigenvalue weighted by Gasteiger charge is 2.37. The molecular formula is C19H26N2O4S. The lowest BCUT2D eigenvalue weighted by molar-refractivity contribution is -0.118. The Morgan fingerprint density at radius 2 is 1.92 bits per heavy atom. The molecule has 1 aromatic rings. The number of anilines is 1. The summed E-state index contributed by atoms with van der Waals surface area (Å²) in [6, 6.07) is 4.85. The Labute approximate surface area is 155 Å². The molecule has 7 heteroatoms. The van der Waals surface area contributed by atoms with Crippen molar-refractivity contribution in [3.8, 4) is 5.75 Å². The van der Waals surface area contributed by atoms with Gasteiger partial charge in [0.15, 0.2) is 6.61 Å². The molecule has 2 heterocycles. The maximum absolute atomic E-state index is 13.2. The van der Waals surface area contributed by atoms with Crippen molar-refractivity contribution >= 4 is 21.6 Å². The Morgan fingerprint density at radius 3 is 2.73 bits per heavy atom. The van der Waals surface area contributed by atoms with Crippen molar-refractivity contribution in [1.29, 1.82) is 0 Å². The zero-order valence-electron chi connectivity index (χ0n) is 14.9. The summed E-state index contributed by atoms with van der Waals surface area (Å²) < 4.78 is 33.5. The predicted molar refractivity (Wildman–Crippen MR) is 98.7 cm³/mol. The number of amides is 1. The van der Waals surface area contributed by atoms with Crippen molar-refractivity contribution in [3.05, 3.63) is 18.2 Å². The monoisotopic (exact) mass is 378 g/mol. The summed E-state index contributed by atoms with van der Waals surface area (Å²) in [5.41, 5.74) is 0.436. The topological polar surface area (TPSA) is 75.7 Å². The smallest absolute Gasteiger partial charge is 0.262 e. The Balaban J connectivity index is 1.55.